The minimum absolute atomic E-state index is 0.0915. The summed E-state index contributed by atoms with van der Waals surface area (Å²) in [6, 6.07) is 4.38. The molecule has 102 valence electrons. The van der Waals surface area contributed by atoms with Gasteiger partial charge in [0, 0.05) is 24.8 Å². The Labute approximate surface area is 110 Å². The molecule has 1 saturated heterocycles. The fourth-order valence-corrected chi connectivity index (χ4v) is 2.18. The van der Waals surface area contributed by atoms with E-state index in [0.717, 1.165) is 19.4 Å². The number of carbonyl (C=O) groups is 1. The summed E-state index contributed by atoms with van der Waals surface area (Å²) in [4.78, 5) is 21.1. The largest absolute Gasteiger partial charge is 0.377 e. The van der Waals surface area contributed by atoms with Crippen molar-refractivity contribution in [2.45, 2.75) is 25.4 Å². The van der Waals surface area contributed by atoms with E-state index in [4.69, 9.17) is 4.74 Å². The molecular weight excluding hydrogens is 248 g/mol. The molecule has 0 aromatic heterocycles. The lowest BCUT2D eigenvalue weighted by Crippen LogP contribution is -2.32. The van der Waals surface area contributed by atoms with Gasteiger partial charge in [-0.3, -0.25) is 14.9 Å². The van der Waals surface area contributed by atoms with Crippen molar-refractivity contribution in [3.05, 3.63) is 33.9 Å². The Morgan fingerprint density at radius 3 is 2.95 bits per heavy atom. The average Bonchev–Trinajstić information content (AvgIpc) is 2.83. The van der Waals surface area contributed by atoms with E-state index in [0.29, 0.717) is 24.1 Å². The maximum absolute atomic E-state index is 11.0. The van der Waals surface area contributed by atoms with Crippen molar-refractivity contribution >= 4 is 17.7 Å². The third kappa shape index (κ3) is 3.08. The number of aldehydes is 1. The van der Waals surface area contributed by atoms with Gasteiger partial charge in [-0.05, 0) is 31.9 Å². The van der Waals surface area contributed by atoms with Gasteiger partial charge in [0.2, 0.25) is 0 Å². The second-order valence-corrected chi connectivity index (χ2v) is 4.91. The molecule has 0 saturated carbocycles. The second kappa shape index (κ2) is 5.36. The molecule has 0 bridgehead atoms. The van der Waals surface area contributed by atoms with Gasteiger partial charge in [0.15, 0.2) is 0 Å². The third-order valence-corrected chi connectivity index (χ3v) is 3.31. The minimum atomic E-state index is -0.493. The number of anilines is 1. The molecule has 1 aliphatic rings. The number of ether oxygens (including phenoxy) is 1. The zero-order chi connectivity index (χ0) is 13.9. The fourth-order valence-electron chi connectivity index (χ4n) is 2.18. The van der Waals surface area contributed by atoms with E-state index in [-0.39, 0.29) is 11.3 Å². The van der Waals surface area contributed by atoms with Gasteiger partial charge in [-0.15, -0.1) is 0 Å². The molecule has 6 heteroatoms. The molecule has 1 aromatic rings. The SMILES string of the molecule is CC1(CNc2ccc(C=O)cc2[N+](=O)[O-])CCCO1. The van der Waals surface area contributed by atoms with Crippen molar-refractivity contribution in [3.63, 3.8) is 0 Å². The quantitative estimate of drug-likeness (QED) is 0.501. The van der Waals surface area contributed by atoms with Crippen LogP contribution in [0.15, 0.2) is 18.2 Å². The van der Waals surface area contributed by atoms with Crippen LogP contribution in [0.4, 0.5) is 11.4 Å². The van der Waals surface area contributed by atoms with Crippen molar-refractivity contribution < 1.29 is 14.5 Å². The van der Waals surface area contributed by atoms with Crippen molar-refractivity contribution in [1.82, 2.24) is 0 Å². The van der Waals surface area contributed by atoms with Crippen LogP contribution < -0.4 is 5.32 Å². The number of carbonyl (C=O) groups excluding carboxylic acids is 1. The summed E-state index contributed by atoms with van der Waals surface area (Å²) in [6.45, 7) is 3.22. The number of rotatable bonds is 5. The van der Waals surface area contributed by atoms with Gasteiger partial charge in [-0.2, -0.15) is 0 Å². The molecule has 1 N–H and O–H groups in total. The Morgan fingerprint density at radius 2 is 2.37 bits per heavy atom. The lowest BCUT2D eigenvalue weighted by molar-refractivity contribution is -0.384. The van der Waals surface area contributed by atoms with Gasteiger partial charge in [0.1, 0.15) is 12.0 Å². The van der Waals surface area contributed by atoms with E-state index in [9.17, 15) is 14.9 Å². The molecule has 2 rings (SSSR count). The van der Waals surface area contributed by atoms with Crippen molar-refractivity contribution in [2.75, 3.05) is 18.5 Å². The first-order valence-corrected chi connectivity index (χ1v) is 6.15. The number of nitro benzene ring substituents is 1. The van der Waals surface area contributed by atoms with E-state index < -0.39 is 4.92 Å². The lowest BCUT2D eigenvalue weighted by Gasteiger charge is -2.23. The highest BCUT2D eigenvalue weighted by Crippen LogP contribution is 2.29. The topological polar surface area (TPSA) is 81.5 Å². The molecule has 0 spiro atoms. The third-order valence-electron chi connectivity index (χ3n) is 3.31. The van der Waals surface area contributed by atoms with Crippen LogP contribution >= 0.6 is 0 Å². The van der Waals surface area contributed by atoms with Crippen molar-refractivity contribution in [3.8, 4) is 0 Å². The molecule has 1 aliphatic heterocycles. The number of hydrogen-bond donors (Lipinski definition) is 1. The number of nitrogens with one attached hydrogen (secondary N) is 1. The van der Waals surface area contributed by atoms with E-state index in [2.05, 4.69) is 5.32 Å². The van der Waals surface area contributed by atoms with E-state index in [1.807, 2.05) is 6.92 Å². The highest BCUT2D eigenvalue weighted by atomic mass is 16.6. The van der Waals surface area contributed by atoms with E-state index >= 15 is 0 Å². The van der Waals surface area contributed by atoms with E-state index in [1.54, 1.807) is 12.1 Å². The molecule has 1 heterocycles. The number of nitro groups is 1. The monoisotopic (exact) mass is 264 g/mol. The molecule has 1 atom stereocenters. The maximum atomic E-state index is 11.0. The molecule has 1 unspecified atom stereocenters. The Hall–Kier alpha value is -1.95. The van der Waals surface area contributed by atoms with Gasteiger partial charge >= 0.3 is 0 Å². The Kier molecular flexibility index (Phi) is 3.80. The number of benzene rings is 1. The predicted molar refractivity (Wildman–Crippen MR) is 70.6 cm³/mol. The van der Waals surface area contributed by atoms with Crippen LogP contribution in [0.2, 0.25) is 0 Å². The summed E-state index contributed by atoms with van der Waals surface area (Å²) >= 11 is 0. The first-order chi connectivity index (χ1) is 9.04. The molecule has 0 aliphatic carbocycles. The molecule has 0 radical (unpaired) electrons. The van der Waals surface area contributed by atoms with Crippen LogP contribution in [0.25, 0.3) is 0 Å². The number of nitrogens with zero attached hydrogens (tertiary/aromatic N) is 1. The zero-order valence-electron chi connectivity index (χ0n) is 10.7. The van der Waals surface area contributed by atoms with Gasteiger partial charge < -0.3 is 10.1 Å². The summed E-state index contributed by atoms with van der Waals surface area (Å²) in [5, 5.41) is 14.0. The van der Waals surface area contributed by atoms with Crippen molar-refractivity contribution in [1.29, 1.82) is 0 Å². The summed E-state index contributed by atoms with van der Waals surface area (Å²) in [6.07, 6.45) is 2.53. The normalized spacial score (nSPS) is 22.2. The average molecular weight is 264 g/mol. The molecule has 1 fully saturated rings. The van der Waals surface area contributed by atoms with Crippen molar-refractivity contribution in [2.24, 2.45) is 0 Å². The van der Waals surface area contributed by atoms with Gasteiger partial charge in [0.05, 0.1) is 10.5 Å². The van der Waals surface area contributed by atoms with Crippen LogP contribution in [-0.2, 0) is 4.74 Å². The highest BCUT2D eigenvalue weighted by molar-refractivity contribution is 5.79. The molecule has 1 aromatic carbocycles. The lowest BCUT2D eigenvalue weighted by atomic mass is 10.0. The van der Waals surface area contributed by atoms with Crippen LogP contribution in [0.1, 0.15) is 30.1 Å². The fraction of sp³-hybridized carbons (Fsp3) is 0.462. The van der Waals surface area contributed by atoms with E-state index in [1.165, 1.54) is 6.07 Å². The van der Waals surface area contributed by atoms with Crippen LogP contribution in [0, 0.1) is 10.1 Å². The highest BCUT2D eigenvalue weighted by Gasteiger charge is 2.30. The Morgan fingerprint density at radius 1 is 1.58 bits per heavy atom. The van der Waals surface area contributed by atoms with Crippen LogP contribution in [0.5, 0.6) is 0 Å². The summed E-state index contributed by atoms with van der Waals surface area (Å²) < 4.78 is 5.62. The molecular formula is C13H16N2O4. The Balaban J connectivity index is 2.15. The molecule has 6 nitrogen and oxygen atoms in total. The Bertz CT molecular complexity index is 495. The first-order valence-electron chi connectivity index (χ1n) is 6.15. The summed E-state index contributed by atoms with van der Waals surface area (Å²) in [7, 11) is 0. The first kappa shape index (κ1) is 13.5. The van der Waals surface area contributed by atoms with Crippen LogP contribution in [0.3, 0.4) is 0 Å². The summed E-state index contributed by atoms with van der Waals surface area (Å²) in [5.41, 5.74) is 0.330. The number of hydrogen-bond acceptors (Lipinski definition) is 5. The molecule has 0 amide bonds. The van der Waals surface area contributed by atoms with Gasteiger partial charge in [0.25, 0.3) is 5.69 Å². The zero-order valence-corrected chi connectivity index (χ0v) is 10.7. The molecule has 19 heavy (non-hydrogen) atoms. The minimum Gasteiger partial charge on any atom is -0.377 e. The van der Waals surface area contributed by atoms with Gasteiger partial charge in [-0.1, -0.05) is 0 Å². The maximum Gasteiger partial charge on any atom is 0.293 e. The standard InChI is InChI=1S/C13H16N2O4/c1-13(5-2-6-19-13)9-14-11-4-3-10(8-16)7-12(11)15(17)18/h3-4,7-8,14H,2,5-6,9H2,1H3. The van der Waals surface area contributed by atoms with Crippen LogP contribution in [-0.4, -0.2) is 30.0 Å². The predicted octanol–water partition coefficient (Wildman–Crippen LogP) is 2.39. The smallest absolute Gasteiger partial charge is 0.293 e. The summed E-state index contributed by atoms with van der Waals surface area (Å²) in [5.74, 6) is 0. The second-order valence-electron chi connectivity index (χ2n) is 4.91. The van der Waals surface area contributed by atoms with Gasteiger partial charge in [-0.25, -0.2) is 0 Å².